The number of hydrogen-bond donors (Lipinski definition) is 2. The van der Waals surface area contributed by atoms with Gasteiger partial charge in [0.15, 0.2) is 5.82 Å². The van der Waals surface area contributed by atoms with Crippen molar-refractivity contribution < 1.29 is 14.1 Å². The van der Waals surface area contributed by atoms with Crippen molar-refractivity contribution in [3.05, 3.63) is 11.8 Å². The minimum Gasteiger partial charge on any atom is -0.360 e. The SMILES string of the molecule is Cc1cc(NC(=O)C(=O)NC(C)CCCC(C)C)no1. The Bertz CT molecular complexity index is 454. The molecule has 1 rings (SSSR count). The summed E-state index contributed by atoms with van der Waals surface area (Å²) in [6.07, 6.45) is 3.01. The number of nitrogens with zero attached hydrogens (tertiary/aromatic N) is 1. The molecule has 0 aliphatic rings. The van der Waals surface area contributed by atoms with Gasteiger partial charge < -0.3 is 9.84 Å². The molecule has 0 aromatic carbocycles. The second kappa shape index (κ2) is 7.67. The fraction of sp³-hybridized carbons (Fsp3) is 0.643. The average Bonchev–Trinajstić information content (AvgIpc) is 2.74. The molecule has 1 aromatic heterocycles. The highest BCUT2D eigenvalue weighted by atomic mass is 16.5. The van der Waals surface area contributed by atoms with Gasteiger partial charge in [0.05, 0.1) is 0 Å². The van der Waals surface area contributed by atoms with Gasteiger partial charge in [-0.15, -0.1) is 0 Å². The Morgan fingerprint density at radius 1 is 1.25 bits per heavy atom. The Kier molecular flexibility index (Phi) is 6.21. The first-order valence-electron chi connectivity index (χ1n) is 6.93. The van der Waals surface area contributed by atoms with Gasteiger partial charge in [0, 0.05) is 12.1 Å². The van der Waals surface area contributed by atoms with Crippen LogP contribution in [0.2, 0.25) is 0 Å². The fourth-order valence-corrected chi connectivity index (χ4v) is 1.79. The average molecular weight is 281 g/mol. The lowest BCUT2D eigenvalue weighted by molar-refractivity contribution is -0.136. The van der Waals surface area contributed by atoms with E-state index in [1.165, 1.54) is 0 Å². The van der Waals surface area contributed by atoms with E-state index >= 15 is 0 Å². The maximum Gasteiger partial charge on any atom is 0.314 e. The zero-order chi connectivity index (χ0) is 15.1. The number of carbonyl (C=O) groups excluding carboxylic acids is 2. The predicted molar refractivity (Wildman–Crippen MR) is 76.2 cm³/mol. The first-order valence-corrected chi connectivity index (χ1v) is 6.93. The van der Waals surface area contributed by atoms with Crippen LogP contribution in [-0.4, -0.2) is 23.0 Å². The summed E-state index contributed by atoms with van der Waals surface area (Å²) >= 11 is 0. The van der Waals surface area contributed by atoms with E-state index in [1.807, 2.05) is 6.92 Å². The van der Waals surface area contributed by atoms with Gasteiger partial charge in [0.2, 0.25) is 0 Å². The van der Waals surface area contributed by atoms with Gasteiger partial charge in [0.25, 0.3) is 0 Å². The minimum absolute atomic E-state index is 0.0222. The third kappa shape index (κ3) is 5.86. The van der Waals surface area contributed by atoms with Crippen molar-refractivity contribution >= 4 is 17.6 Å². The first kappa shape index (κ1) is 16.2. The molecule has 1 atom stereocenters. The highest BCUT2D eigenvalue weighted by Gasteiger charge is 2.17. The Labute approximate surface area is 119 Å². The van der Waals surface area contributed by atoms with Crippen LogP contribution in [0.1, 0.15) is 45.8 Å². The summed E-state index contributed by atoms with van der Waals surface area (Å²) < 4.78 is 4.81. The van der Waals surface area contributed by atoms with Crippen LogP contribution in [0.5, 0.6) is 0 Å². The molecule has 0 radical (unpaired) electrons. The first-order chi connectivity index (χ1) is 9.38. The van der Waals surface area contributed by atoms with Gasteiger partial charge in [-0.2, -0.15) is 0 Å². The van der Waals surface area contributed by atoms with Crippen molar-refractivity contribution in [2.75, 3.05) is 5.32 Å². The normalized spacial score (nSPS) is 12.2. The molecule has 0 spiro atoms. The summed E-state index contributed by atoms with van der Waals surface area (Å²) in [5.74, 6) is 0.0891. The molecule has 1 aromatic rings. The van der Waals surface area contributed by atoms with E-state index in [1.54, 1.807) is 13.0 Å². The maximum absolute atomic E-state index is 11.7. The smallest absolute Gasteiger partial charge is 0.314 e. The number of aromatic nitrogens is 1. The molecule has 0 aliphatic heterocycles. The zero-order valence-electron chi connectivity index (χ0n) is 12.5. The van der Waals surface area contributed by atoms with Crippen LogP contribution in [-0.2, 0) is 9.59 Å². The van der Waals surface area contributed by atoms with Gasteiger partial charge in [-0.1, -0.05) is 31.8 Å². The van der Waals surface area contributed by atoms with E-state index in [9.17, 15) is 9.59 Å². The quantitative estimate of drug-likeness (QED) is 0.783. The predicted octanol–water partition coefficient (Wildman–Crippen LogP) is 2.25. The second-order valence-electron chi connectivity index (χ2n) is 5.48. The molecule has 2 N–H and O–H groups in total. The highest BCUT2D eigenvalue weighted by Crippen LogP contribution is 2.09. The number of rotatable bonds is 6. The molecule has 20 heavy (non-hydrogen) atoms. The Hall–Kier alpha value is -1.85. The van der Waals surface area contributed by atoms with Crippen LogP contribution in [0.15, 0.2) is 10.6 Å². The molecule has 1 unspecified atom stereocenters. The minimum atomic E-state index is -0.728. The van der Waals surface area contributed by atoms with Crippen molar-refractivity contribution in [2.24, 2.45) is 5.92 Å². The van der Waals surface area contributed by atoms with Gasteiger partial charge in [-0.3, -0.25) is 14.9 Å². The largest absolute Gasteiger partial charge is 0.360 e. The number of amides is 2. The highest BCUT2D eigenvalue weighted by molar-refractivity contribution is 6.39. The molecular formula is C14H23N3O3. The molecule has 1 heterocycles. The van der Waals surface area contributed by atoms with E-state index in [2.05, 4.69) is 29.6 Å². The number of anilines is 1. The van der Waals surface area contributed by atoms with Crippen molar-refractivity contribution in [1.29, 1.82) is 0 Å². The Morgan fingerprint density at radius 2 is 1.95 bits per heavy atom. The van der Waals surface area contributed by atoms with Crippen LogP contribution in [0.3, 0.4) is 0 Å². The van der Waals surface area contributed by atoms with Crippen molar-refractivity contribution in [3.63, 3.8) is 0 Å². The van der Waals surface area contributed by atoms with E-state index in [4.69, 9.17) is 4.52 Å². The molecule has 112 valence electrons. The van der Waals surface area contributed by atoms with E-state index in [0.29, 0.717) is 11.7 Å². The van der Waals surface area contributed by atoms with Crippen molar-refractivity contribution in [2.45, 2.75) is 53.0 Å². The van der Waals surface area contributed by atoms with Crippen molar-refractivity contribution in [3.8, 4) is 0 Å². The third-order valence-corrected chi connectivity index (χ3v) is 2.87. The lowest BCUT2D eigenvalue weighted by Crippen LogP contribution is -2.40. The van der Waals surface area contributed by atoms with Crippen molar-refractivity contribution in [1.82, 2.24) is 10.5 Å². The topological polar surface area (TPSA) is 84.2 Å². The van der Waals surface area contributed by atoms with Crippen LogP contribution < -0.4 is 10.6 Å². The molecule has 6 nitrogen and oxygen atoms in total. The van der Waals surface area contributed by atoms with E-state index in [-0.39, 0.29) is 11.9 Å². The summed E-state index contributed by atoms with van der Waals surface area (Å²) in [5, 5.41) is 8.66. The van der Waals surface area contributed by atoms with Gasteiger partial charge in [0.1, 0.15) is 5.76 Å². The van der Waals surface area contributed by atoms with Crippen LogP contribution >= 0.6 is 0 Å². The van der Waals surface area contributed by atoms with Gasteiger partial charge >= 0.3 is 11.8 Å². The van der Waals surface area contributed by atoms with Crippen LogP contribution in [0, 0.1) is 12.8 Å². The fourth-order valence-electron chi connectivity index (χ4n) is 1.79. The maximum atomic E-state index is 11.7. The molecule has 0 aliphatic carbocycles. The van der Waals surface area contributed by atoms with Crippen LogP contribution in [0.25, 0.3) is 0 Å². The Morgan fingerprint density at radius 3 is 2.50 bits per heavy atom. The number of nitrogens with one attached hydrogen (secondary N) is 2. The monoisotopic (exact) mass is 281 g/mol. The summed E-state index contributed by atoms with van der Waals surface area (Å²) in [5.41, 5.74) is 0. The Balaban J connectivity index is 2.32. The second-order valence-corrected chi connectivity index (χ2v) is 5.48. The molecule has 2 amide bonds. The molecule has 0 saturated carbocycles. The number of hydrogen-bond acceptors (Lipinski definition) is 4. The standard InChI is InChI=1S/C14H23N3O3/c1-9(2)6-5-7-10(3)15-13(18)14(19)16-12-8-11(4)20-17-12/h8-10H,5-7H2,1-4H3,(H,15,18)(H,16,17,19). The number of aryl methyl sites for hydroxylation is 1. The summed E-state index contributed by atoms with van der Waals surface area (Å²) in [7, 11) is 0. The summed E-state index contributed by atoms with van der Waals surface area (Å²) in [4.78, 5) is 23.3. The van der Waals surface area contributed by atoms with E-state index < -0.39 is 11.8 Å². The number of carbonyl (C=O) groups is 2. The molecule has 0 saturated heterocycles. The summed E-state index contributed by atoms with van der Waals surface area (Å²) in [6, 6.07) is 1.53. The molecule has 6 heteroatoms. The lowest BCUT2D eigenvalue weighted by Gasteiger charge is -2.13. The molecule has 0 fully saturated rings. The van der Waals surface area contributed by atoms with Crippen LogP contribution in [0.4, 0.5) is 5.82 Å². The third-order valence-electron chi connectivity index (χ3n) is 2.87. The lowest BCUT2D eigenvalue weighted by atomic mass is 10.0. The van der Waals surface area contributed by atoms with E-state index in [0.717, 1.165) is 19.3 Å². The zero-order valence-corrected chi connectivity index (χ0v) is 12.5. The molecule has 0 bridgehead atoms. The van der Waals surface area contributed by atoms with Gasteiger partial charge in [-0.05, 0) is 26.2 Å². The summed E-state index contributed by atoms with van der Waals surface area (Å²) in [6.45, 7) is 7.93. The van der Waals surface area contributed by atoms with Gasteiger partial charge in [-0.25, -0.2) is 0 Å². The molecular weight excluding hydrogens is 258 g/mol.